The second-order valence-corrected chi connectivity index (χ2v) is 5.20. The van der Waals surface area contributed by atoms with Gasteiger partial charge in [-0.3, -0.25) is 4.79 Å². The summed E-state index contributed by atoms with van der Waals surface area (Å²) in [7, 11) is 1.38. The number of rotatable bonds is 4. The van der Waals surface area contributed by atoms with E-state index in [1.54, 1.807) is 6.07 Å². The number of phenols is 1. The standard InChI is InChI=1S/C16H11BrF2O3/c1-22-14-8-9(7-10(17)16(14)21)5-6-13(20)15-11(18)3-2-4-12(15)19/h2-8,21H,1H3/b6-5+. The van der Waals surface area contributed by atoms with Gasteiger partial charge >= 0.3 is 0 Å². The lowest BCUT2D eigenvalue weighted by Crippen LogP contribution is -2.02. The number of hydrogen-bond acceptors (Lipinski definition) is 3. The predicted molar refractivity (Wildman–Crippen MR) is 82.1 cm³/mol. The minimum Gasteiger partial charge on any atom is -0.503 e. The van der Waals surface area contributed by atoms with Gasteiger partial charge in [-0.25, -0.2) is 8.78 Å². The molecule has 0 atom stereocenters. The van der Waals surface area contributed by atoms with Crippen molar-refractivity contribution in [3.05, 3.63) is 63.6 Å². The Labute approximate surface area is 134 Å². The molecule has 0 radical (unpaired) electrons. The second kappa shape index (κ2) is 6.70. The van der Waals surface area contributed by atoms with Gasteiger partial charge in [-0.2, -0.15) is 0 Å². The summed E-state index contributed by atoms with van der Waals surface area (Å²) in [5.74, 6) is -2.50. The average Bonchev–Trinajstić information content (AvgIpc) is 2.48. The highest BCUT2D eigenvalue weighted by Gasteiger charge is 2.14. The first-order valence-electron chi connectivity index (χ1n) is 6.17. The van der Waals surface area contributed by atoms with Crippen LogP contribution in [0.15, 0.2) is 40.9 Å². The number of carbonyl (C=O) groups excluding carboxylic acids is 1. The molecule has 2 rings (SSSR count). The largest absolute Gasteiger partial charge is 0.503 e. The SMILES string of the molecule is COc1cc(/C=C/C(=O)c2c(F)cccc2F)cc(Br)c1O. The van der Waals surface area contributed by atoms with Crippen LogP contribution >= 0.6 is 15.9 Å². The maximum Gasteiger partial charge on any atom is 0.191 e. The molecule has 0 aliphatic heterocycles. The minimum absolute atomic E-state index is 0.0777. The van der Waals surface area contributed by atoms with Crippen molar-refractivity contribution < 1.29 is 23.4 Å². The fourth-order valence-electron chi connectivity index (χ4n) is 1.83. The zero-order valence-electron chi connectivity index (χ0n) is 11.4. The molecule has 1 N–H and O–H groups in total. The Balaban J connectivity index is 2.33. The van der Waals surface area contributed by atoms with Crippen LogP contribution in [0.4, 0.5) is 8.78 Å². The summed E-state index contributed by atoms with van der Waals surface area (Å²) in [6, 6.07) is 6.25. The normalized spacial score (nSPS) is 10.9. The molecule has 0 aromatic heterocycles. The van der Waals surface area contributed by atoms with E-state index in [2.05, 4.69) is 15.9 Å². The molecule has 2 aromatic rings. The first-order valence-corrected chi connectivity index (χ1v) is 6.96. The van der Waals surface area contributed by atoms with E-state index in [4.69, 9.17) is 4.74 Å². The summed E-state index contributed by atoms with van der Waals surface area (Å²) in [5.41, 5.74) is -0.0878. The predicted octanol–water partition coefficient (Wildman–Crippen LogP) is 4.34. The number of phenolic OH excluding ortho intramolecular Hbond substituents is 1. The molecule has 0 saturated carbocycles. The third kappa shape index (κ3) is 3.33. The lowest BCUT2D eigenvalue weighted by Gasteiger charge is -2.06. The number of hydrogen-bond donors (Lipinski definition) is 1. The Morgan fingerprint density at radius 2 is 1.91 bits per heavy atom. The van der Waals surface area contributed by atoms with Gasteiger partial charge in [-0.15, -0.1) is 0 Å². The van der Waals surface area contributed by atoms with Crippen molar-refractivity contribution in [1.82, 2.24) is 0 Å². The van der Waals surface area contributed by atoms with Crippen LogP contribution in [0.5, 0.6) is 11.5 Å². The number of aromatic hydroxyl groups is 1. The molecule has 114 valence electrons. The molecule has 2 aromatic carbocycles. The van der Waals surface area contributed by atoms with E-state index in [0.717, 1.165) is 18.2 Å². The van der Waals surface area contributed by atoms with E-state index in [1.165, 1.54) is 25.3 Å². The van der Waals surface area contributed by atoms with Gasteiger partial charge in [-0.05, 0) is 51.8 Å². The summed E-state index contributed by atoms with van der Waals surface area (Å²) >= 11 is 3.14. The first kappa shape index (κ1) is 16.2. The molecule has 22 heavy (non-hydrogen) atoms. The van der Waals surface area contributed by atoms with E-state index in [-0.39, 0.29) is 11.5 Å². The van der Waals surface area contributed by atoms with Crippen LogP contribution in [0.2, 0.25) is 0 Å². The van der Waals surface area contributed by atoms with Crippen molar-refractivity contribution in [1.29, 1.82) is 0 Å². The van der Waals surface area contributed by atoms with Gasteiger partial charge in [0.2, 0.25) is 0 Å². The van der Waals surface area contributed by atoms with Gasteiger partial charge in [0.25, 0.3) is 0 Å². The van der Waals surface area contributed by atoms with Gasteiger partial charge in [0, 0.05) is 0 Å². The Kier molecular flexibility index (Phi) is 4.92. The van der Waals surface area contributed by atoms with Gasteiger partial charge in [0.15, 0.2) is 17.3 Å². The third-order valence-corrected chi connectivity index (χ3v) is 3.51. The molecule has 3 nitrogen and oxygen atoms in total. The molecule has 0 heterocycles. The van der Waals surface area contributed by atoms with Crippen LogP contribution in [0.25, 0.3) is 6.08 Å². The van der Waals surface area contributed by atoms with Crippen LogP contribution in [-0.4, -0.2) is 18.0 Å². The number of ether oxygens (including phenoxy) is 1. The maximum absolute atomic E-state index is 13.5. The van der Waals surface area contributed by atoms with Crippen molar-refractivity contribution in [2.45, 2.75) is 0 Å². The van der Waals surface area contributed by atoms with Crippen molar-refractivity contribution in [2.75, 3.05) is 7.11 Å². The topological polar surface area (TPSA) is 46.5 Å². The Morgan fingerprint density at radius 1 is 1.27 bits per heavy atom. The highest BCUT2D eigenvalue weighted by Crippen LogP contribution is 2.35. The van der Waals surface area contributed by atoms with Crippen LogP contribution in [0.3, 0.4) is 0 Å². The maximum atomic E-state index is 13.5. The number of methoxy groups -OCH3 is 1. The summed E-state index contributed by atoms with van der Waals surface area (Å²) < 4.78 is 32.4. The molecule has 6 heteroatoms. The minimum atomic E-state index is -0.917. The van der Waals surface area contributed by atoms with E-state index in [9.17, 15) is 18.7 Å². The smallest absolute Gasteiger partial charge is 0.191 e. The molecule has 0 aliphatic rings. The molecular weight excluding hydrogens is 358 g/mol. The van der Waals surface area contributed by atoms with E-state index >= 15 is 0 Å². The Bertz CT molecular complexity index is 737. The van der Waals surface area contributed by atoms with E-state index < -0.39 is 23.0 Å². The number of benzene rings is 2. The highest BCUT2D eigenvalue weighted by atomic mass is 79.9. The van der Waals surface area contributed by atoms with Gasteiger partial charge in [0.1, 0.15) is 11.6 Å². The molecule has 0 unspecified atom stereocenters. The summed E-state index contributed by atoms with van der Waals surface area (Å²) in [5, 5.41) is 9.69. The number of allylic oxidation sites excluding steroid dienone is 1. The van der Waals surface area contributed by atoms with Crippen LogP contribution in [0, 0.1) is 11.6 Å². The van der Waals surface area contributed by atoms with Gasteiger partial charge < -0.3 is 9.84 Å². The van der Waals surface area contributed by atoms with Crippen LogP contribution in [0.1, 0.15) is 15.9 Å². The summed E-state index contributed by atoms with van der Waals surface area (Å²) in [6.07, 6.45) is 2.43. The summed E-state index contributed by atoms with van der Waals surface area (Å²) in [6.45, 7) is 0. The van der Waals surface area contributed by atoms with Gasteiger partial charge in [-0.1, -0.05) is 12.1 Å². The molecule has 0 spiro atoms. The highest BCUT2D eigenvalue weighted by molar-refractivity contribution is 9.10. The fraction of sp³-hybridized carbons (Fsp3) is 0.0625. The molecule has 0 saturated heterocycles. The van der Waals surface area contributed by atoms with Crippen molar-refractivity contribution in [3.63, 3.8) is 0 Å². The lowest BCUT2D eigenvalue weighted by molar-refractivity contribution is 0.104. The average molecular weight is 369 g/mol. The van der Waals surface area contributed by atoms with Crippen molar-refractivity contribution in [3.8, 4) is 11.5 Å². The summed E-state index contributed by atoms with van der Waals surface area (Å²) in [4.78, 5) is 11.9. The Morgan fingerprint density at radius 3 is 2.50 bits per heavy atom. The molecule has 0 fully saturated rings. The van der Waals surface area contributed by atoms with Crippen LogP contribution in [-0.2, 0) is 0 Å². The fourth-order valence-corrected chi connectivity index (χ4v) is 2.29. The second-order valence-electron chi connectivity index (χ2n) is 4.35. The number of carbonyl (C=O) groups is 1. The molecule has 0 bridgehead atoms. The zero-order chi connectivity index (χ0) is 16.3. The molecular formula is C16H11BrF2O3. The number of ketones is 1. The van der Waals surface area contributed by atoms with Crippen molar-refractivity contribution in [2.24, 2.45) is 0 Å². The van der Waals surface area contributed by atoms with E-state index in [0.29, 0.717) is 10.0 Å². The molecule has 0 amide bonds. The first-order chi connectivity index (χ1) is 10.4. The number of halogens is 3. The van der Waals surface area contributed by atoms with Crippen molar-refractivity contribution >= 4 is 27.8 Å². The third-order valence-electron chi connectivity index (χ3n) is 2.91. The quantitative estimate of drug-likeness (QED) is 0.644. The monoisotopic (exact) mass is 368 g/mol. The lowest BCUT2D eigenvalue weighted by atomic mass is 10.1. The van der Waals surface area contributed by atoms with Gasteiger partial charge in [0.05, 0.1) is 17.1 Å². The van der Waals surface area contributed by atoms with E-state index in [1.807, 2.05) is 0 Å². The zero-order valence-corrected chi connectivity index (χ0v) is 13.0. The Hall–Kier alpha value is -2.21. The molecule has 0 aliphatic carbocycles. The van der Waals surface area contributed by atoms with Crippen LogP contribution < -0.4 is 4.74 Å².